The molecule has 0 bridgehead atoms. The molecule has 2 aromatic carbocycles. The van der Waals surface area contributed by atoms with Crippen molar-refractivity contribution in [1.29, 1.82) is 0 Å². The molecule has 0 unspecified atom stereocenters. The van der Waals surface area contributed by atoms with Crippen LogP contribution in [-0.2, 0) is 22.6 Å². The molecule has 3 rings (SSSR count). The molecule has 3 aromatic rings. The second-order valence-corrected chi connectivity index (χ2v) is 6.62. The van der Waals surface area contributed by atoms with E-state index in [0.29, 0.717) is 19.4 Å². The lowest BCUT2D eigenvalue weighted by atomic mass is 10.2. The molecule has 0 aliphatic heterocycles. The predicted molar refractivity (Wildman–Crippen MR) is 107 cm³/mol. The fourth-order valence-electron chi connectivity index (χ4n) is 3.27. The maximum absolute atomic E-state index is 13.2. The summed E-state index contributed by atoms with van der Waals surface area (Å²) in [7, 11) is 0. The Kier molecular flexibility index (Phi) is 5.86. The molecule has 0 aliphatic carbocycles. The minimum absolute atomic E-state index is 0.00366. The van der Waals surface area contributed by atoms with Gasteiger partial charge in [-0.15, -0.1) is 0 Å². The minimum Gasteiger partial charge on any atom is -0.358 e. The van der Waals surface area contributed by atoms with Crippen molar-refractivity contribution >= 4 is 29.0 Å². The zero-order valence-electron chi connectivity index (χ0n) is 15.6. The van der Waals surface area contributed by atoms with Crippen LogP contribution < -0.4 is 10.2 Å². The number of benzene rings is 2. The maximum Gasteiger partial charge on any atom is 0.247 e. The van der Waals surface area contributed by atoms with E-state index < -0.39 is 0 Å². The zero-order valence-corrected chi connectivity index (χ0v) is 15.6. The first kappa shape index (κ1) is 18.6. The molecule has 0 aliphatic rings. The number of amides is 2. The first-order valence-electron chi connectivity index (χ1n) is 9.10. The Bertz CT molecular complexity index is 918. The number of fused-ring (bicyclic) bond motifs is 1. The average molecular weight is 364 g/mol. The number of hydrogen-bond acceptors (Lipinski definition) is 3. The van der Waals surface area contributed by atoms with Gasteiger partial charge in [0.25, 0.3) is 0 Å². The molecule has 0 atom stereocenters. The SMILES string of the molecule is CC(C)N(C(=O)Cn1c(CCNC=O)nc2ccccc21)c1ccccc1. The number of imidazole rings is 1. The van der Waals surface area contributed by atoms with Crippen molar-refractivity contribution in [3.05, 3.63) is 60.4 Å². The molecule has 27 heavy (non-hydrogen) atoms. The quantitative estimate of drug-likeness (QED) is 0.494. The molecule has 1 heterocycles. The van der Waals surface area contributed by atoms with E-state index in [1.54, 1.807) is 0 Å². The van der Waals surface area contributed by atoms with Gasteiger partial charge in [-0.3, -0.25) is 9.59 Å². The predicted octanol–water partition coefficient (Wildman–Crippen LogP) is 2.77. The second-order valence-electron chi connectivity index (χ2n) is 6.62. The van der Waals surface area contributed by atoms with E-state index in [-0.39, 0.29) is 18.5 Å². The summed E-state index contributed by atoms with van der Waals surface area (Å²) >= 11 is 0. The van der Waals surface area contributed by atoms with Gasteiger partial charge in [-0.05, 0) is 38.1 Å². The normalized spacial score (nSPS) is 10.9. The van der Waals surface area contributed by atoms with Gasteiger partial charge < -0.3 is 14.8 Å². The smallest absolute Gasteiger partial charge is 0.247 e. The summed E-state index contributed by atoms with van der Waals surface area (Å²) in [6, 6.07) is 17.5. The maximum atomic E-state index is 13.2. The summed E-state index contributed by atoms with van der Waals surface area (Å²) in [6.45, 7) is 4.69. The first-order valence-corrected chi connectivity index (χ1v) is 9.10. The Morgan fingerprint density at radius 2 is 1.85 bits per heavy atom. The van der Waals surface area contributed by atoms with Crippen LogP contribution in [0.4, 0.5) is 5.69 Å². The number of nitrogens with one attached hydrogen (secondary N) is 1. The van der Waals surface area contributed by atoms with Crippen LogP contribution in [0, 0.1) is 0 Å². The number of para-hydroxylation sites is 3. The number of rotatable bonds is 8. The Morgan fingerprint density at radius 3 is 2.56 bits per heavy atom. The Hall–Kier alpha value is -3.15. The number of carbonyl (C=O) groups is 2. The molecular formula is C21H24N4O2. The highest BCUT2D eigenvalue weighted by Gasteiger charge is 2.21. The van der Waals surface area contributed by atoms with Crippen LogP contribution in [0.25, 0.3) is 11.0 Å². The second kappa shape index (κ2) is 8.49. The molecule has 0 radical (unpaired) electrons. The van der Waals surface area contributed by atoms with Crippen molar-refractivity contribution in [2.45, 2.75) is 32.9 Å². The van der Waals surface area contributed by atoms with Crippen LogP contribution in [0.5, 0.6) is 0 Å². The molecule has 0 fully saturated rings. The Morgan fingerprint density at radius 1 is 1.15 bits per heavy atom. The minimum atomic E-state index is 0.00366. The summed E-state index contributed by atoms with van der Waals surface area (Å²) in [5.74, 6) is 0.791. The van der Waals surface area contributed by atoms with Crippen LogP contribution in [0.1, 0.15) is 19.7 Å². The highest BCUT2D eigenvalue weighted by atomic mass is 16.2. The lowest BCUT2D eigenvalue weighted by molar-refractivity contribution is -0.119. The van der Waals surface area contributed by atoms with Gasteiger partial charge in [-0.2, -0.15) is 0 Å². The molecule has 1 N–H and O–H groups in total. The molecule has 0 saturated heterocycles. The summed E-state index contributed by atoms with van der Waals surface area (Å²) in [5, 5.41) is 2.66. The summed E-state index contributed by atoms with van der Waals surface area (Å²) in [5.41, 5.74) is 2.65. The molecule has 6 nitrogen and oxygen atoms in total. The third kappa shape index (κ3) is 4.16. The standard InChI is InChI=1S/C21H24N4O2/c1-16(2)25(17-8-4-3-5-9-17)21(27)14-24-19-11-7-6-10-18(19)23-20(24)12-13-22-15-26/h3-11,15-16H,12-14H2,1-2H3,(H,22,26). The van der Waals surface area contributed by atoms with Crippen LogP contribution >= 0.6 is 0 Å². The van der Waals surface area contributed by atoms with E-state index in [9.17, 15) is 9.59 Å². The van der Waals surface area contributed by atoms with Gasteiger partial charge in [0.2, 0.25) is 12.3 Å². The lowest BCUT2D eigenvalue weighted by Gasteiger charge is -2.27. The molecule has 0 spiro atoms. The van der Waals surface area contributed by atoms with Crippen LogP contribution in [0.2, 0.25) is 0 Å². The highest BCUT2D eigenvalue weighted by molar-refractivity contribution is 5.94. The average Bonchev–Trinajstić information content (AvgIpc) is 3.00. The third-order valence-electron chi connectivity index (χ3n) is 4.42. The number of hydrogen-bond donors (Lipinski definition) is 1. The van der Waals surface area contributed by atoms with Crippen LogP contribution in [0.3, 0.4) is 0 Å². The Balaban J connectivity index is 1.93. The van der Waals surface area contributed by atoms with Crippen molar-refractivity contribution in [3.63, 3.8) is 0 Å². The molecule has 2 amide bonds. The number of nitrogens with zero attached hydrogens (tertiary/aromatic N) is 3. The van der Waals surface area contributed by atoms with Crippen molar-refractivity contribution in [1.82, 2.24) is 14.9 Å². The van der Waals surface area contributed by atoms with Crippen molar-refractivity contribution in [2.75, 3.05) is 11.4 Å². The molecular weight excluding hydrogens is 340 g/mol. The van der Waals surface area contributed by atoms with Crippen molar-refractivity contribution < 1.29 is 9.59 Å². The van der Waals surface area contributed by atoms with E-state index in [1.165, 1.54) is 0 Å². The number of carbonyl (C=O) groups excluding carboxylic acids is 2. The molecule has 1 aromatic heterocycles. The number of anilines is 1. The first-order chi connectivity index (χ1) is 13.1. The molecule has 0 saturated carbocycles. The van der Waals surface area contributed by atoms with Crippen LogP contribution in [0.15, 0.2) is 54.6 Å². The van der Waals surface area contributed by atoms with E-state index in [0.717, 1.165) is 22.5 Å². The largest absolute Gasteiger partial charge is 0.358 e. The summed E-state index contributed by atoms with van der Waals surface area (Å²) in [6.07, 6.45) is 1.24. The van der Waals surface area contributed by atoms with Crippen molar-refractivity contribution in [3.8, 4) is 0 Å². The van der Waals surface area contributed by atoms with Gasteiger partial charge in [0.05, 0.1) is 11.0 Å². The van der Waals surface area contributed by atoms with E-state index in [4.69, 9.17) is 0 Å². The molecule has 6 heteroatoms. The summed E-state index contributed by atoms with van der Waals surface area (Å²) in [4.78, 5) is 30.2. The van der Waals surface area contributed by atoms with Gasteiger partial charge in [0.1, 0.15) is 12.4 Å². The van der Waals surface area contributed by atoms with Gasteiger partial charge in [0, 0.05) is 24.7 Å². The van der Waals surface area contributed by atoms with Gasteiger partial charge in [-0.25, -0.2) is 4.98 Å². The number of aromatic nitrogens is 2. The van der Waals surface area contributed by atoms with Gasteiger partial charge >= 0.3 is 0 Å². The highest BCUT2D eigenvalue weighted by Crippen LogP contribution is 2.20. The monoisotopic (exact) mass is 364 g/mol. The van der Waals surface area contributed by atoms with E-state index >= 15 is 0 Å². The van der Waals surface area contributed by atoms with Crippen LogP contribution in [-0.4, -0.2) is 34.5 Å². The summed E-state index contributed by atoms with van der Waals surface area (Å²) < 4.78 is 1.95. The fraction of sp³-hybridized carbons (Fsp3) is 0.286. The Labute approximate surface area is 158 Å². The van der Waals surface area contributed by atoms with Gasteiger partial charge in [0.15, 0.2) is 0 Å². The van der Waals surface area contributed by atoms with E-state index in [1.807, 2.05) is 77.9 Å². The fourth-order valence-corrected chi connectivity index (χ4v) is 3.27. The van der Waals surface area contributed by atoms with Gasteiger partial charge in [-0.1, -0.05) is 30.3 Å². The molecule has 140 valence electrons. The zero-order chi connectivity index (χ0) is 19.2. The topological polar surface area (TPSA) is 67.2 Å². The lowest BCUT2D eigenvalue weighted by Crippen LogP contribution is -2.39. The third-order valence-corrected chi connectivity index (χ3v) is 4.42. The van der Waals surface area contributed by atoms with E-state index in [2.05, 4.69) is 10.3 Å². The van der Waals surface area contributed by atoms with Crippen molar-refractivity contribution in [2.24, 2.45) is 0 Å².